The summed E-state index contributed by atoms with van der Waals surface area (Å²) in [6.45, 7) is 6.02. The van der Waals surface area contributed by atoms with Gasteiger partial charge < -0.3 is 4.90 Å². The maximum Gasteiger partial charge on any atom is 0.245 e. The smallest absolute Gasteiger partial charge is 0.245 e. The lowest BCUT2D eigenvalue weighted by Crippen LogP contribution is -2.27. The summed E-state index contributed by atoms with van der Waals surface area (Å²) in [5.41, 5.74) is 0.650. The predicted molar refractivity (Wildman–Crippen MR) is 116 cm³/mol. The molecule has 11 heteroatoms. The SMILES string of the molecule is C=CC(c1c(Cl)cc(Cl)cc1Cl)S(=O)(=O)Nc1nc(CC(=O)N(C)CC)cs1. The molecule has 2 aromatic rings. The highest BCUT2D eigenvalue weighted by Crippen LogP contribution is 2.38. The lowest BCUT2D eigenvalue weighted by molar-refractivity contribution is -0.129. The van der Waals surface area contributed by atoms with E-state index in [-0.39, 0.29) is 38.1 Å². The second kappa shape index (κ2) is 9.45. The van der Waals surface area contributed by atoms with E-state index in [2.05, 4.69) is 16.3 Å². The summed E-state index contributed by atoms with van der Waals surface area (Å²) in [6.07, 6.45) is 1.31. The van der Waals surface area contributed by atoms with Crippen molar-refractivity contribution in [2.75, 3.05) is 18.3 Å². The molecule has 0 aliphatic rings. The molecule has 1 N–H and O–H groups in total. The van der Waals surface area contributed by atoms with Gasteiger partial charge in [-0.1, -0.05) is 40.9 Å². The van der Waals surface area contributed by atoms with Crippen LogP contribution in [0.15, 0.2) is 30.2 Å². The van der Waals surface area contributed by atoms with Crippen LogP contribution < -0.4 is 4.72 Å². The van der Waals surface area contributed by atoms with Crippen molar-refractivity contribution in [1.82, 2.24) is 9.88 Å². The van der Waals surface area contributed by atoms with E-state index in [1.807, 2.05) is 6.92 Å². The molecule has 0 saturated heterocycles. The minimum atomic E-state index is -4.00. The highest BCUT2D eigenvalue weighted by atomic mass is 35.5. The Morgan fingerprint density at radius 3 is 2.50 bits per heavy atom. The van der Waals surface area contributed by atoms with Crippen LogP contribution >= 0.6 is 46.1 Å². The molecular formula is C17H18Cl3N3O3S2. The van der Waals surface area contributed by atoms with Crippen LogP contribution in [0, 0.1) is 0 Å². The summed E-state index contributed by atoms with van der Waals surface area (Å²) in [6, 6.07) is 2.82. The number of carbonyl (C=O) groups is 1. The Morgan fingerprint density at radius 2 is 1.96 bits per heavy atom. The summed E-state index contributed by atoms with van der Waals surface area (Å²) in [7, 11) is -2.31. The van der Waals surface area contributed by atoms with Gasteiger partial charge in [0.25, 0.3) is 0 Å². The standard InChI is InChI=1S/C17H18Cl3N3O3S2/c1-4-14(16-12(19)6-10(18)7-13(16)20)28(25,26)22-17-21-11(9-27-17)8-15(24)23(3)5-2/h4,6-7,9,14H,1,5,8H2,2-3H3,(H,21,22). The second-order valence-corrected chi connectivity index (χ2v) is 9.73. The van der Waals surface area contributed by atoms with Gasteiger partial charge in [0.1, 0.15) is 5.25 Å². The van der Waals surface area contributed by atoms with E-state index in [9.17, 15) is 13.2 Å². The molecule has 1 heterocycles. The maximum atomic E-state index is 12.9. The first-order chi connectivity index (χ1) is 13.1. The third-order valence-electron chi connectivity index (χ3n) is 3.89. The molecule has 1 amide bonds. The van der Waals surface area contributed by atoms with Crippen LogP contribution in [-0.4, -0.2) is 37.8 Å². The monoisotopic (exact) mass is 481 g/mol. The molecule has 1 unspecified atom stereocenters. The number of thiazole rings is 1. The molecule has 0 aliphatic carbocycles. The Balaban J connectivity index is 2.26. The Labute approximate surface area is 183 Å². The number of nitrogens with one attached hydrogen (secondary N) is 1. The van der Waals surface area contributed by atoms with Crippen molar-refractivity contribution < 1.29 is 13.2 Å². The number of benzene rings is 1. The molecule has 2 rings (SSSR count). The van der Waals surface area contributed by atoms with Gasteiger partial charge >= 0.3 is 0 Å². The van der Waals surface area contributed by atoms with Crippen molar-refractivity contribution in [2.24, 2.45) is 0 Å². The van der Waals surface area contributed by atoms with Crippen molar-refractivity contribution in [3.63, 3.8) is 0 Å². The first-order valence-corrected chi connectivity index (χ1v) is 11.6. The van der Waals surface area contributed by atoms with Gasteiger partial charge in [-0.15, -0.1) is 17.9 Å². The van der Waals surface area contributed by atoms with Gasteiger partial charge in [-0.25, -0.2) is 13.4 Å². The third kappa shape index (κ3) is 5.39. The van der Waals surface area contributed by atoms with Crippen LogP contribution in [0.25, 0.3) is 0 Å². The summed E-state index contributed by atoms with van der Waals surface area (Å²) in [5.74, 6) is -0.106. The Hall–Kier alpha value is -1.32. The number of aromatic nitrogens is 1. The van der Waals surface area contributed by atoms with Gasteiger partial charge in [0, 0.05) is 39.6 Å². The van der Waals surface area contributed by atoms with Crippen LogP contribution in [0.4, 0.5) is 5.13 Å². The van der Waals surface area contributed by atoms with Crippen LogP contribution in [0.3, 0.4) is 0 Å². The molecule has 0 saturated carbocycles. The van der Waals surface area contributed by atoms with Gasteiger partial charge in [-0.05, 0) is 19.1 Å². The van der Waals surface area contributed by atoms with Crippen molar-refractivity contribution in [3.8, 4) is 0 Å². The molecule has 0 spiro atoms. The summed E-state index contributed by atoms with van der Waals surface area (Å²) in [5, 5.41) is 1.06. The number of hydrogen-bond donors (Lipinski definition) is 1. The first-order valence-electron chi connectivity index (χ1n) is 8.06. The summed E-state index contributed by atoms with van der Waals surface area (Å²) < 4.78 is 28.1. The second-order valence-electron chi connectivity index (χ2n) is 5.82. The fraction of sp³-hybridized carbons (Fsp3) is 0.294. The number of halogens is 3. The molecule has 1 atom stereocenters. The molecule has 0 radical (unpaired) electrons. The van der Waals surface area contributed by atoms with Crippen LogP contribution in [0.5, 0.6) is 0 Å². The molecule has 28 heavy (non-hydrogen) atoms. The van der Waals surface area contributed by atoms with Gasteiger partial charge in [0.15, 0.2) is 5.13 Å². The lowest BCUT2D eigenvalue weighted by Gasteiger charge is -2.17. The first kappa shape index (κ1) is 23.0. The molecule has 1 aromatic heterocycles. The largest absolute Gasteiger partial charge is 0.346 e. The molecule has 0 bridgehead atoms. The van der Waals surface area contributed by atoms with E-state index < -0.39 is 15.3 Å². The zero-order chi connectivity index (χ0) is 21.1. The van der Waals surface area contributed by atoms with E-state index in [0.717, 1.165) is 11.3 Å². The number of likely N-dealkylation sites (N-methyl/N-ethyl adjacent to an activating group) is 1. The van der Waals surface area contributed by atoms with Crippen molar-refractivity contribution >= 4 is 67.2 Å². The highest BCUT2D eigenvalue weighted by Gasteiger charge is 2.30. The summed E-state index contributed by atoms with van der Waals surface area (Å²) in [4.78, 5) is 17.7. The number of sulfonamides is 1. The molecule has 6 nitrogen and oxygen atoms in total. The minimum Gasteiger partial charge on any atom is -0.346 e. The number of hydrogen-bond acceptors (Lipinski definition) is 5. The van der Waals surface area contributed by atoms with Gasteiger partial charge in [-0.3, -0.25) is 9.52 Å². The molecule has 1 aromatic carbocycles. The number of rotatable bonds is 8. The Morgan fingerprint density at radius 1 is 1.36 bits per heavy atom. The van der Waals surface area contributed by atoms with E-state index >= 15 is 0 Å². The number of carbonyl (C=O) groups excluding carboxylic acids is 1. The van der Waals surface area contributed by atoms with Gasteiger partial charge in [0.2, 0.25) is 15.9 Å². The van der Waals surface area contributed by atoms with Crippen molar-refractivity contribution in [3.05, 3.63) is 56.5 Å². The van der Waals surface area contributed by atoms with Crippen molar-refractivity contribution in [1.29, 1.82) is 0 Å². The number of anilines is 1. The third-order valence-corrected chi connectivity index (χ3v) is 7.24. The number of nitrogens with zero attached hydrogens (tertiary/aromatic N) is 2. The van der Waals surface area contributed by atoms with Gasteiger partial charge in [-0.2, -0.15) is 0 Å². The van der Waals surface area contributed by atoms with Crippen LogP contribution in [0.1, 0.15) is 23.4 Å². The van der Waals surface area contributed by atoms with Gasteiger partial charge in [0.05, 0.1) is 12.1 Å². The molecule has 0 aliphatic heterocycles. The average Bonchev–Trinajstić information content (AvgIpc) is 3.02. The normalized spacial score (nSPS) is 12.5. The molecule has 152 valence electrons. The van der Waals surface area contributed by atoms with E-state index in [0.29, 0.717) is 12.2 Å². The quantitative estimate of drug-likeness (QED) is 0.548. The van der Waals surface area contributed by atoms with Crippen molar-refractivity contribution in [2.45, 2.75) is 18.6 Å². The Bertz CT molecular complexity index is 970. The lowest BCUT2D eigenvalue weighted by atomic mass is 10.1. The van der Waals surface area contributed by atoms with E-state index in [1.165, 1.54) is 18.2 Å². The van der Waals surface area contributed by atoms with Crippen LogP contribution in [-0.2, 0) is 21.2 Å². The van der Waals surface area contributed by atoms with E-state index in [1.54, 1.807) is 17.3 Å². The van der Waals surface area contributed by atoms with Crippen LogP contribution in [0.2, 0.25) is 15.1 Å². The highest BCUT2D eigenvalue weighted by molar-refractivity contribution is 7.93. The zero-order valence-corrected chi connectivity index (χ0v) is 19.0. The number of amides is 1. The minimum absolute atomic E-state index is 0.0856. The topological polar surface area (TPSA) is 79.4 Å². The fourth-order valence-electron chi connectivity index (χ4n) is 2.31. The predicted octanol–water partition coefficient (Wildman–Crippen LogP) is 4.79. The molecular weight excluding hydrogens is 465 g/mol. The summed E-state index contributed by atoms with van der Waals surface area (Å²) >= 11 is 19.3. The Kier molecular flexibility index (Phi) is 7.75. The molecule has 0 fully saturated rings. The zero-order valence-electron chi connectivity index (χ0n) is 15.1. The fourth-order valence-corrected chi connectivity index (χ4v) is 5.82. The average molecular weight is 483 g/mol. The maximum absolute atomic E-state index is 12.9. The van der Waals surface area contributed by atoms with E-state index in [4.69, 9.17) is 34.8 Å².